The standard InChI is InChI=1S/C13H19NS/c1-9-5-6-11-10(7-9)14-12(8-15-11)13(2,3)4/h5-7,12,14H,8H2,1-4H3. The van der Waals surface area contributed by atoms with E-state index in [1.807, 2.05) is 11.8 Å². The molecule has 1 nitrogen and oxygen atoms in total. The maximum Gasteiger partial charge on any atom is 0.0483 e. The van der Waals surface area contributed by atoms with Crippen LogP contribution in [0, 0.1) is 12.3 Å². The zero-order valence-electron chi connectivity index (χ0n) is 9.92. The minimum absolute atomic E-state index is 0.328. The molecule has 1 aromatic carbocycles. The van der Waals surface area contributed by atoms with Crippen molar-refractivity contribution in [3.05, 3.63) is 23.8 Å². The molecule has 1 aromatic rings. The second kappa shape index (κ2) is 3.75. The van der Waals surface area contributed by atoms with Crippen LogP contribution >= 0.6 is 11.8 Å². The Labute approximate surface area is 96.7 Å². The smallest absolute Gasteiger partial charge is 0.0483 e. The molecule has 2 heteroatoms. The van der Waals surface area contributed by atoms with Crippen molar-refractivity contribution in [2.24, 2.45) is 5.41 Å². The van der Waals surface area contributed by atoms with Crippen LogP contribution in [0.3, 0.4) is 0 Å². The third-order valence-corrected chi connectivity index (χ3v) is 4.08. The number of hydrogen-bond donors (Lipinski definition) is 1. The highest BCUT2D eigenvalue weighted by Crippen LogP contribution is 2.38. The van der Waals surface area contributed by atoms with Crippen LogP contribution in [0.1, 0.15) is 26.3 Å². The van der Waals surface area contributed by atoms with Gasteiger partial charge in [0.15, 0.2) is 0 Å². The van der Waals surface area contributed by atoms with Crippen LogP contribution in [-0.4, -0.2) is 11.8 Å². The first-order valence-electron chi connectivity index (χ1n) is 5.47. The van der Waals surface area contributed by atoms with E-state index in [1.165, 1.54) is 21.9 Å². The highest BCUT2D eigenvalue weighted by Gasteiger charge is 2.28. The first kappa shape index (κ1) is 10.9. The number of benzene rings is 1. The normalized spacial score (nSPS) is 20.7. The molecule has 1 N–H and O–H groups in total. The zero-order valence-corrected chi connectivity index (χ0v) is 10.7. The lowest BCUT2D eigenvalue weighted by molar-refractivity contribution is 0.362. The highest BCUT2D eigenvalue weighted by atomic mass is 32.2. The maximum absolute atomic E-state index is 3.66. The summed E-state index contributed by atoms with van der Waals surface area (Å²) in [6, 6.07) is 7.23. The van der Waals surface area contributed by atoms with E-state index in [4.69, 9.17) is 0 Å². The monoisotopic (exact) mass is 221 g/mol. The van der Waals surface area contributed by atoms with E-state index in [2.05, 4.69) is 51.2 Å². The summed E-state index contributed by atoms with van der Waals surface area (Å²) in [6.45, 7) is 9.04. The molecule has 1 unspecified atom stereocenters. The largest absolute Gasteiger partial charge is 0.380 e. The van der Waals surface area contributed by atoms with Gasteiger partial charge in [-0.05, 0) is 30.0 Å². The predicted molar refractivity (Wildman–Crippen MR) is 68.8 cm³/mol. The Bertz CT molecular complexity index is 365. The van der Waals surface area contributed by atoms with Crippen molar-refractivity contribution in [3.63, 3.8) is 0 Å². The molecular weight excluding hydrogens is 202 g/mol. The Kier molecular flexibility index (Phi) is 2.72. The van der Waals surface area contributed by atoms with Crippen LogP contribution in [0.5, 0.6) is 0 Å². The van der Waals surface area contributed by atoms with Crippen LogP contribution in [0.25, 0.3) is 0 Å². The van der Waals surface area contributed by atoms with Gasteiger partial charge in [-0.2, -0.15) is 0 Å². The number of thioether (sulfide) groups is 1. The molecule has 0 saturated heterocycles. The number of aryl methyl sites for hydroxylation is 1. The van der Waals surface area contributed by atoms with Crippen LogP contribution in [0.2, 0.25) is 0 Å². The van der Waals surface area contributed by atoms with Gasteiger partial charge in [0.1, 0.15) is 0 Å². The predicted octanol–water partition coefficient (Wildman–Crippen LogP) is 3.93. The molecule has 0 amide bonds. The molecule has 0 bridgehead atoms. The summed E-state index contributed by atoms with van der Waals surface area (Å²) in [4.78, 5) is 1.39. The van der Waals surface area contributed by atoms with Crippen LogP contribution in [0.15, 0.2) is 23.1 Å². The molecular formula is C13H19NS. The molecule has 0 aliphatic carbocycles. The Morgan fingerprint density at radius 3 is 2.73 bits per heavy atom. The number of anilines is 1. The third-order valence-electron chi connectivity index (χ3n) is 2.92. The fourth-order valence-corrected chi connectivity index (χ4v) is 3.12. The van der Waals surface area contributed by atoms with Crippen molar-refractivity contribution >= 4 is 17.4 Å². The second-order valence-corrected chi connectivity index (χ2v) is 6.44. The van der Waals surface area contributed by atoms with Crippen LogP contribution in [-0.2, 0) is 0 Å². The fraction of sp³-hybridized carbons (Fsp3) is 0.538. The van der Waals surface area contributed by atoms with Crippen molar-refractivity contribution in [3.8, 4) is 0 Å². The van der Waals surface area contributed by atoms with Crippen molar-refractivity contribution in [1.82, 2.24) is 0 Å². The van der Waals surface area contributed by atoms with Gasteiger partial charge in [-0.3, -0.25) is 0 Å². The molecule has 15 heavy (non-hydrogen) atoms. The summed E-state index contributed by atoms with van der Waals surface area (Å²) in [5.74, 6) is 1.17. The van der Waals surface area contributed by atoms with Gasteiger partial charge in [-0.15, -0.1) is 11.8 Å². The SMILES string of the molecule is Cc1ccc2c(c1)NC(C(C)(C)C)CS2. The topological polar surface area (TPSA) is 12.0 Å². The van der Waals surface area contributed by atoms with Gasteiger partial charge >= 0.3 is 0 Å². The molecule has 1 aliphatic rings. The lowest BCUT2D eigenvalue weighted by Gasteiger charge is -2.36. The summed E-state index contributed by atoms with van der Waals surface area (Å²) in [7, 11) is 0. The Morgan fingerprint density at radius 2 is 2.07 bits per heavy atom. The molecule has 2 rings (SSSR count). The summed E-state index contributed by atoms with van der Waals surface area (Å²) in [5, 5.41) is 3.66. The van der Waals surface area contributed by atoms with E-state index in [0.717, 1.165) is 0 Å². The minimum atomic E-state index is 0.328. The van der Waals surface area contributed by atoms with E-state index in [-0.39, 0.29) is 0 Å². The molecule has 0 radical (unpaired) electrons. The van der Waals surface area contributed by atoms with Gasteiger partial charge in [0.05, 0.1) is 0 Å². The Morgan fingerprint density at radius 1 is 1.33 bits per heavy atom. The number of fused-ring (bicyclic) bond motifs is 1. The van der Waals surface area contributed by atoms with E-state index in [9.17, 15) is 0 Å². The van der Waals surface area contributed by atoms with Crippen molar-refractivity contribution in [2.45, 2.75) is 38.6 Å². The number of rotatable bonds is 0. The summed E-state index contributed by atoms with van der Waals surface area (Å²) >= 11 is 1.97. The summed E-state index contributed by atoms with van der Waals surface area (Å²) < 4.78 is 0. The molecule has 82 valence electrons. The maximum atomic E-state index is 3.66. The first-order valence-corrected chi connectivity index (χ1v) is 6.45. The third kappa shape index (κ3) is 2.31. The van der Waals surface area contributed by atoms with Gasteiger partial charge in [0, 0.05) is 22.4 Å². The van der Waals surface area contributed by atoms with Gasteiger partial charge in [-0.1, -0.05) is 26.8 Å². The average Bonchev–Trinajstić information content (AvgIpc) is 2.15. The van der Waals surface area contributed by atoms with Crippen molar-refractivity contribution in [1.29, 1.82) is 0 Å². The molecule has 0 saturated carbocycles. The average molecular weight is 221 g/mol. The minimum Gasteiger partial charge on any atom is -0.380 e. The first-order chi connectivity index (χ1) is 6.97. The summed E-state index contributed by atoms with van der Waals surface area (Å²) in [6.07, 6.45) is 0. The molecule has 0 fully saturated rings. The van der Waals surface area contributed by atoms with Gasteiger partial charge in [-0.25, -0.2) is 0 Å². The molecule has 1 atom stereocenters. The van der Waals surface area contributed by atoms with E-state index < -0.39 is 0 Å². The van der Waals surface area contributed by atoms with Crippen LogP contribution in [0.4, 0.5) is 5.69 Å². The lowest BCUT2D eigenvalue weighted by Crippen LogP contribution is -2.38. The van der Waals surface area contributed by atoms with E-state index in [1.54, 1.807) is 0 Å². The van der Waals surface area contributed by atoms with E-state index in [0.29, 0.717) is 11.5 Å². The second-order valence-electron chi connectivity index (χ2n) is 5.37. The van der Waals surface area contributed by atoms with Crippen molar-refractivity contribution < 1.29 is 0 Å². The quantitative estimate of drug-likeness (QED) is 0.712. The van der Waals surface area contributed by atoms with E-state index >= 15 is 0 Å². The Balaban J connectivity index is 2.26. The van der Waals surface area contributed by atoms with Gasteiger partial charge in [0.2, 0.25) is 0 Å². The molecule has 0 aromatic heterocycles. The fourth-order valence-electron chi connectivity index (χ4n) is 1.75. The van der Waals surface area contributed by atoms with Gasteiger partial charge in [0.25, 0.3) is 0 Å². The van der Waals surface area contributed by atoms with Gasteiger partial charge < -0.3 is 5.32 Å². The highest BCUT2D eigenvalue weighted by molar-refractivity contribution is 7.99. The van der Waals surface area contributed by atoms with Crippen LogP contribution < -0.4 is 5.32 Å². The Hall–Kier alpha value is -0.630. The molecule has 1 heterocycles. The molecule has 1 aliphatic heterocycles. The lowest BCUT2D eigenvalue weighted by atomic mass is 9.87. The van der Waals surface area contributed by atoms with Crippen molar-refractivity contribution in [2.75, 3.05) is 11.1 Å². The zero-order chi connectivity index (χ0) is 11.1. The number of nitrogens with one attached hydrogen (secondary N) is 1. The summed E-state index contributed by atoms with van der Waals surface area (Å²) in [5.41, 5.74) is 2.97. The molecule has 0 spiro atoms. The number of hydrogen-bond acceptors (Lipinski definition) is 2.